The van der Waals surface area contributed by atoms with Crippen LogP contribution in [-0.2, 0) is 13.0 Å². The van der Waals surface area contributed by atoms with E-state index in [1.165, 1.54) is 0 Å². The van der Waals surface area contributed by atoms with Crippen LogP contribution in [0, 0.1) is 11.3 Å². The maximum absolute atomic E-state index is 11.3. The molecule has 104 valence electrons. The van der Waals surface area contributed by atoms with Crippen LogP contribution in [0.4, 0.5) is 5.69 Å². The highest BCUT2D eigenvalue weighted by Crippen LogP contribution is 2.28. The minimum atomic E-state index is -0.877. The number of carboxylic acid groups (broad SMARTS) is 1. The highest BCUT2D eigenvalue weighted by atomic mass is 16.4. The van der Waals surface area contributed by atoms with E-state index in [4.69, 9.17) is 0 Å². The first-order valence-corrected chi connectivity index (χ1v) is 6.79. The molecule has 1 aliphatic rings. The fourth-order valence-electron chi connectivity index (χ4n) is 2.86. The van der Waals surface area contributed by atoms with Crippen molar-refractivity contribution >= 4 is 11.7 Å². The van der Waals surface area contributed by atoms with Crippen LogP contribution >= 0.6 is 0 Å². The van der Waals surface area contributed by atoms with Gasteiger partial charge in [0.1, 0.15) is 6.07 Å². The number of carboxylic acids is 1. The molecule has 0 spiro atoms. The van der Waals surface area contributed by atoms with Gasteiger partial charge in [-0.3, -0.25) is 0 Å². The van der Waals surface area contributed by atoms with Crippen molar-refractivity contribution in [3.8, 4) is 6.07 Å². The van der Waals surface area contributed by atoms with Gasteiger partial charge in [-0.15, -0.1) is 0 Å². The van der Waals surface area contributed by atoms with E-state index in [1.807, 2.05) is 24.3 Å². The monoisotopic (exact) mass is 278 g/mol. The zero-order valence-electron chi connectivity index (χ0n) is 11.4. The van der Waals surface area contributed by atoms with Crippen LogP contribution in [0.1, 0.15) is 27.0 Å². The summed E-state index contributed by atoms with van der Waals surface area (Å²) in [7, 11) is 0. The summed E-state index contributed by atoms with van der Waals surface area (Å²) >= 11 is 0. The molecule has 0 saturated carbocycles. The highest BCUT2D eigenvalue weighted by Gasteiger charge is 2.22. The van der Waals surface area contributed by atoms with E-state index in [1.54, 1.807) is 18.2 Å². The fourth-order valence-corrected chi connectivity index (χ4v) is 2.86. The van der Waals surface area contributed by atoms with Gasteiger partial charge >= 0.3 is 5.97 Å². The lowest BCUT2D eigenvalue weighted by molar-refractivity contribution is 0.0695. The maximum atomic E-state index is 11.3. The minimum Gasteiger partial charge on any atom is -0.478 e. The molecule has 0 radical (unpaired) electrons. The van der Waals surface area contributed by atoms with E-state index >= 15 is 0 Å². The first-order valence-electron chi connectivity index (χ1n) is 6.79. The molecule has 2 aromatic rings. The molecule has 0 aliphatic carbocycles. The van der Waals surface area contributed by atoms with Gasteiger partial charge in [0.25, 0.3) is 0 Å². The molecule has 0 amide bonds. The summed E-state index contributed by atoms with van der Waals surface area (Å²) in [5.74, 6) is -0.877. The number of hydrogen-bond donors (Lipinski definition) is 1. The van der Waals surface area contributed by atoms with E-state index in [-0.39, 0.29) is 0 Å². The molecule has 1 N–H and O–H groups in total. The lowest BCUT2D eigenvalue weighted by atomic mass is 9.94. The minimum absolute atomic E-state index is 0.390. The second-order valence-electron chi connectivity index (χ2n) is 5.05. The summed E-state index contributed by atoms with van der Waals surface area (Å²) in [6.45, 7) is 1.35. The Kier molecular flexibility index (Phi) is 3.33. The largest absolute Gasteiger partial charge is 0.478 e. The number of para-hydroxylation sites is 1. The Morgan fingerprint density at radius 1 is 1.19 bits per heavy atom. The Labute approximate surface area is 122 Å². The van der Waals surface area contributed by atoms with E-state index < -0.39 is 5.97 Å². The number of fused-ring (bicyclic) bond motifs is 1. The van der Waals surface area contributed by atoms with Crippen molar-refractivity contribution in [2.45, 2.75) is 13.0 Å². The van der Waals surface area contributed by atoms with Crippen LogP contribution in [0.5, 0.6) is 0 Å². The van der Waals surface area contributed by atoms with Gasteiger partial charge in [-0.2, -0.15) is 5.26 Å². The second-order valence-corrected chi connectivity index (χ2v) is 5.05. The Morgan fingerprint density at radius 2 is 2.00 bits per heavy atom. The Hall–Kier alpha value is -2.80. The summed E-state index contributed by atoms with van der Waals surface area (Å²) in [6, 6.07) is 15.1. The molecule has 4 nitrogen and oxygen atoms in total. The number of aromatic carboxylic acids is 1. The van der Waals surface area contributed by atoms with E-state index in [2.05, 4.69) is 11.0 Å². The number of anilines is 1. The first kappa shape index (κ1) is 13.2. The van der Waals surface area contributed by atoms with Crippen LogP contribution in [0.2, 0.25) is 0 Å². The maximum Gasteiger partial charge on any atom is 0.335 e. The predicted octanol–water partition coefficient (Wildman–Crippen LogP) is 2.82. The summed E-state index contributed by atoms with van der Waals surface area (Å²) < 4.78 is 0. The van der Waals surface area contributed by atoms with Crippen LogP contribution in [0.25, 0.3) is 0 Å². The standard InChI is InChI=1S/C17H14N2O2/c18-10-12-4-1-2-7-16(12)19-9-8-14-13(11-19)5-3-6-15(14)17(20)21/h1-7H,8-9,11H2,(H,20,21). The van der Waals surface area contributed by atoms with Gasteiger partial charge in [0.2, 0.25) is 0 Å². The van der Waals surface area contributed by atoms with Crippen LogP contribution < -0.4 is 4.90 Å². The molecule has 3 rings (SSSR count). The van der Waals surface area contributed by atoms with Gasteiger partial charge < -0.3 is 10.0 Å². The summed E-state index contributed by atoms with van der Waals surface area (Å²) in [4.78, 5) is 13.4. The number of nitrogens with zero attached hydrogens (tertiary/aromatic N) is 2. The molecule has 0 fully saturated rings. The zero-order chi connectivity index (χ0) is 14.8. The highest BCUT2D eigenvalue weighted by molar-refractivity contribution is 5.90. The third kappa shape index (κ3) is 2.34. The third-order valence-electron chi connectivity index (χ3n) is 3.86. The van der Waals surface area contributed by atoms with Gasteiger partial charge in [-0.05, 0) is 35.7 Å². The van der Waals surface area contributed by atoms with E-state index in [0.29, 0.717) is 24.1 Å². The zero-order valence-corrected chi connectivity index (χ0v) is 11.4. The Bertz CT molecular complexity index is 747. The van der Waals surface area contributed by atoms with Gasteiger partial charge in [0.15, 0.2) is 0 Å². The van der Waals surface area contributed by atoms with E-state index in [0.717, 1.165) is 23.4 Å². The molecule has 1 heterocycles. The van der Waals surface area contributed by atoms with Crippen LogP contribution in [-0.4, -0.2) is 17.6 Å². The SMILES string of the molecule is N#Cc1ccccc1N1CCc2c(cccc2C(=O)O)C1. The molecule has 0 atom stereocenters. The lowest BCUT2D eigenvalue weighted by Crippen LogP contribution is -2.32. The topological polar surface area (TPSA) is 64.3 Å². The number of benzene rings is 2. The average Bonchev–Trinajstić information content (AvgIpc) is 2.53. The van der Waals surface area contributed by atoms with Crippen molar-refractivity contribution in [1.82, 2.24) is 0 Å². The quantitative estimate of drug-likeness (QED) is 0.917. The average molecular weight is 278 g/mol. The number of carbonyl (C=O) groups is 1. The molecule has 0 saturated heterocycles. The van der Waals surface area contributed by atoms with E-state index in [9.17, 15) is 15.2 Å². The van der Waals surface area contributed by atoms with Crippen molar-refractivity contribution < 1.29 is 9.90 Å². The summed E-state index contributed by atoms with van der Waals surface area (Å²) in [6.07, 6.45) is 0.678. The first-order chi connectivity index (χ1) is 10.2. The fraction of sp³-hybridized carbons (Fsp3) is 0.176. The molecular formula is C17H14N2O2. The normalized spacial score (nSPS) is 13.4. The molecule has 0 aromatic heterocycles. The third-order valence-corrected chi connectivity index (χ3v) is 3.86. The van der Waals surface area contributed by atoms with Crippen molar-refractivity contribution in [3.63, 3.8) is 0 Å². The van der Waals surface area contributed by atoms with Gasteiger partial charge in [-0.1, -0.05) is 24.3 Å². The van der Waals surface area contributed by atoms with Crippen LogP contribution in [0.3, 0.4) is 0 Å². The number of hydrogen-bond acceptors (Lipinski definition) is 3. The van der Waals surface area contributed by atoms with Crippen molar-refractivity contribution in [3.05, 3.63) is 64.7 Å². The summed E-state index contributed by atoms with van der Waals surface area (Å²) in [5, 5.41) is 18.5. The molecule has 4 heteroatoms. The van der Waals surface area contributed by atoms with Crippen molar-refractivity contribution in [2.24, 2.45) is 0 Å². The number of nitriles is 1. The predicted molar refractivity (Wildman–Crippen MR) is 79.3 cm³/mol. The molecule has 0 unspecified atom stereocenters. The van der Waals surface area contributed by atoms with Crippen molar-refractivity contribution in [1.29, 1.82) is 5.26 Å². The summed E-state index contributed by atoms with van der Waals surface area (Å²) in [5.41, 5.74) is 3.88. The second kappa shape index (κ2) is 5.29. The van der Waals surface area contributed by atoms with Gasteiger partial charge in [0, 0.05) is 13.1 Å². The molecule has 1 aliphatic heterocycles. The van der Waals surface area contributed by atoms with Crippen molar-refractivity contribution in [2.75, 3.05) is 11.4 Å². The molecule has 0 bridgehead atoms. The van der Waals surface area contributed by atoms with Crippen LogP contribution in [0.15, 0.2) is 42.5 Å². The van der Waals surface area contributed by atoms with Gasteiger partial charge in [-0.25, -0.2) is 4.79 Å². The molecular weight excluding hydrogens is 264 g/mol. The number of rotatable bonds is 2. The molecule has 2 aromatic carbocycles. The molecule has 21 heavy (non-hydrogen) atoms. The smallest absolute Gasteiger partial charge is 0.335 e. The van der Waals surface area contributed by atoms with Gasteiger partial charge in [0.05, 0.1) is 16.8 Å². The Balaban J connectivity index is 1.97. The lowest BCUT2D eigenvalue weighted by Gasteiger charge is -2.32. The Morgan fingerprint density at radius 3 is 2.76 bits per heavy atom.